The summed E-state index contributed by atoms with van der Waals surface area (Å²) in [4.78, 5) is 13.9. The van der Waals surface area contributed by atoms with Gasteiger partial charge in [0.15, 0.2) is 0 Å². The summed E-state index contributed by atoms with van der Waals surface area (Å²) in [6.45, 7) is 0.765. The quantitative estimate of drug-likeness (QED) is 0.916. The molecule has 4 nitrogen and oxygen atoms in total. The van der Waals surface area contributed by atoms with E-state index in [0.717, 1.165) is 18.2 Å². The Kier molecular flexibility index (Phi) is 4.67. The van der Waals surface area contributed by atoms with Crippen LogP contribution in [0.4, 0.5) is 8.78 Å². The molecular weight excluding hydrogens is 266 g/mol. The van der Waals surface area contributed by atoms with Crippen LogP contribution < -0.4 is 5.73 Å². The van der Waals surface area contributed by atoms with E-state index in [1.54, 1.807) is 12.0 Å². The zero-order chi connectivity index (χ0) is 14.7. The third-order valence-electron chi connectivity index (χ3n) is 3.64. The minimum Gasteiger partial charge on any atom is -0.381 e. The predicted octanol–water partition coefficient (Wildman–Crippen LogP) is 1.54. The number of nitrogens with two attached hydrogens (primary N) is 1. The van der Waals surface area contributed by atoms with Gasteiger partial charge in [0.25, 0.3) is 5.91 Å². The Morgan fingerprint density at radius 3 is 2.60 bits per heavy atom. The van der Waals surface area contributed by atoms with Crippen molar-refractivity contribution in [3.63, 3.8) is 0 Å². The maximum Gasteiger partial charge on any atom is 0.254 e. The van der Waals surface area contributed by atoms with E-state index in [4.69, 9.17) is 10.5 Å². The highest BCUT2D eigenvalue weighted by molar-refractivity contribution is 5.94. The van der Waals surface area contributed by atoms with Crippen molar-refractivity contribution in [2.45, 2.75) is 25.0 Å². The van der Waals surface area contributed by atoms with E-state index >= 15 is 0 Å². The number of rotatable bonds is 3. The van der Waals surface area contributed by atoms with Crippen LogP contribution in [0.2, 0.25) is 0 Å². The minimum absolute atomic E-state index is 0.0109. The van der Waals surface area contributed by atoms with E-state index in [9.17, 15) is 13.6 Å². The molecule has 0 aromatic heterocycles. The maximum atomic E-state index is 13.2. The summed E-state index contributed by atoms with van der Waals surface area (Å²) in [5, 5.41) is 0. The summed E-state index contributed by atoms with van der Waals surface area (Å²) < 4.78 is 31.7. The molecule has 1 fully saturated rings. The lowest BCUT2D eigenvalue weighted by Gasteiger charge is -2.38. The van der Waals surface area contributed by atoms with Crippen molar-refractivity contribution in [2.24, 2.45) is 5.73 Å². The molecular formula is C14H18F2N2O2. The lowest BCUT2D eigenvalue weighted by molar-refractivity contribution is 0.0138. The van der Waals surface area contributed by atoms with E-state index in [1.165, 1.54) is 0 Å². The first-order valence-electron chi connectivity index (χ1n) is 6.55. The standard InChI is InChI=1S/C14H18F2N2O2/c1-20-13-2-3-18(12(7-13)8-17)14(19)9-4-10(15)6-11(16)5-9/h4-6,12-13H,2-3,7-8,17H2,1H3. The summed E-state index contributed by atoms with van der Waals surface area (Å²) in [6.07, 6.45) is 1.39. The first-order chi connectivity index (χ1) is 9.55. The second kappa shape index (κ2) is 6.28. The van der Waals surface area contributed by atoms with Gasteiger partial charge in [0, 0.05) is 37.9 Å². The Morgan fingerprint density at radius 2 is 2.05 bits per heavy atom. The van der Waals surface area contributed by atoms with Gasteiger partial charge in [-0.15, -0.1) is 0 Å². The van der Waals surface area contributed by atoms with Gasteiger partial charge in [0.1, 0.15) is 11.6 Å². The molecule has 0 radical (unpaired) electrons. The third-order valence-corrected chi connectivity index (χ3v) is 3.64. The van der Waals surface area contributed by atoms with Crippen LogP contribution in [0, 0.1) is 11.6 Å². The fourth-order valence-corrected chi connectivity index (χ4v) is 2.56. The smallest absolute Gasteiger partial charge is 0.254 e. The predicted molar refractivity (Wildman–Crippen MR) is 70.3 cm³/mol. The highest BCUT2D eigenvalue weighted by Crippen LogP contribution is 2.22. The lowest BCUT2D eigenvalue weighted by atomic mass is 9.98. The van der Waals surface area contributed by atoms with Crippen molar-refractivity contribution in [3.05, 3.63) is 35.4 Å². The van der Waals surface area contributed by atoms with Crippen LogP contribution in [0.1, 0.15) is 23.2 Å². The number of piperidine rings is 1. The molecule has 2 atom stereocenters. The average molecular weight is 284 g/mol. The molecule has 1 aliphatic heterocycles. The number of hydrogen-bond acceptors (Lipinski definition) is 3. The van der Waals surface area contributed by atoms with Crippen LogP contribution in [-0.2, 0) is 4.74 Å². The van der Waals surface area contributed by atoms with E-state index in [-0.39, 0.29) is 17.7 Å². The molecule has 1 heterocycles. The number of methoxy groups -OCH3 is 1. The van der Waals surface area contributed by atoms with Crippen LogP contribution >= 0.6 is 0 Å². The summed E-state index contributed by atoms with van der Waals surface area (Å²) in [7, 11) is 1.62. The van der Waals surface area contributed by atoms with Crippen molar-refractivity contribution in [1.29, 1.82) is 0 Å². The molecule has 2 unspecified atom stereocenters. The minimum atomic E-state index is -0.760. The van der Waals surface area contributed by atoms with Gasteiger partial charge in [-0.1, -0.05) is 0 Å². The summed E-state index contributed by atoms with van der Waals surface area (Å²) in [6, 6.07) is 2.66. The van der Waals surface area contributed by atoms with E-state index in [0.29, 0.717) is 25.9 Å². The molecule has 110 valence electrons. The Labute approximate surface area is 116 Å². The molecule has 2 N–H and O–H groups in total. The van der Waals surface area contributed by atoms with Crippen LogP contribution in [0.5, 0.6) is 0 Å². The Hall–Kier alpha value is -1.53. The van der Waals surface area contributed by atoms with Crippen molar-refractivity contribution in [1.82, 2.24) is 4.90 Å². The van der Waals surface area contributed by atoms with Crippen LogP contribution in [0.25, 0.3) is 0 Å². The molecule has 1 aromatic carbocycles. The summed E-state index contributed by atoms with van der Waals surface area (Å²) >= 11 is 0. The van der Waals surface area contributed by atoms with E-state index in [1.807, 2.05) is 0 Å². The number of nitrogens with zero attached hydrogens (tertiary/aromatic N) is 1. The molecule has 6 heteroatoms. The van der Waals surface area contributed by atoms with Crippen molar-refractivity contribution in [3.8, 4) is 0 Å². The highest BCUT2D eigenvalue weighted by Gasteiger charge is 2.31. The van der Waals surface area contributed by atoms with Crippen molar-refractivity contribution in [2.75, 3.05) is 20.2 Å². The number of carbonyl (C=O) groups is 1. The van der Waals surface area contributed by atoms with Gasteiger partial charge in [0.05, 0.1) is 6.10 Å². The van der Waals surface area contributed by atoms with Gasteiger partial charge >= 0.3 is 0 Å². The van der Waals surface area contributed by atoms with Crippen LogP contribution in [0.15, 0.2) is 18.2 Å². The number of benzene rings is 1. The second-order valence-corrected chi connectivity index (χ2v) is 4.93. The molecule has 2 rings (SSSR count). The van der Waals surface area contributed by atoms with Gasteiger partial charge in [-0.3, -0.25) is 4.79 Å². The first-order valence-corrected chi connectivity index (χ1v) is 6.55. The number of likely N-dealkylation sites (tertiary alicyclic amines) is 1. The zero-order valence-electron chi connectivity index (χ0n) is 11.3. The molecule has 0 aliphatic carbocycles. The van der Waals surface area contributed by atoms with Crippen LogP contribution in [-0.4, -0.2) is 43.2 Å². The van der Waals surface area contributed by atoms with E-state index < -0.39 is 17.5 Å². The largest absolute Gasteiger partial charge is 0.381 e. The monoisotopic (exact) mass is 284 g/mol. The first kappa shape index (κ1) is 14.9. The molecule has 1 aromatic rings. The molecule has 20 heavy (non-hydrogen) atoms. The topological polar surface area (TPSA) is 55.6 Å². The number of halogens is 2. The Bertz CT molecular complexity index is 476. The molecule has 0 spiro atoms. The fourth-order valence-electron chi connectivity index (χ4n) is 2.56. The third kappa shape index (κ3) is 3.13. The average Bonchev–Trinajstić information content (AvgIpc) is 2.44. The molecule has 1 aliphatic rings. The number of carbonyl (C=O) groups excluding carboxylic acids is 1. The molecule has 1 saturated heterocycles. The number of ether oxygens (including phenoxy) is 1. The zero-order valence-corrected chi connectivity index (χ0v) is 11.3. The van der Waals surface area contributed by atoms with Gasteiger partial charge < -0.3 is 15.4 Å². The fraction of sp³-hybridized carbons (Fsp3) is 0.500. The SMILES string of the molecule is COC1CCN(C(=O)c2cc(F)cc(F)c2)C(CN)C1. The van der Waals surface area contributed by atoms with Gasteiger partial charge in [-0.2, -0.15) is 0 Å². The number of amides is 1. The normalized spacial score (nSPS) is 22.9. The Balaban J connectivity index is 2.19. The van der Waals surface area contributed by atoms with Crippen LogP contribution in [0.3, 0.4) is 0 Å². The van der Waals surface area contributed by atoms with Gasteiger partial charge in [-0.25, -0.2) is 8.78 Å². The van der Waals surface area contributed by atoms with Crippen molar-refractivity contribution < 1.29 is 18.3 Å². The van der Waals surface area contributed by atoms with Gasteiger partial charge in [-0.05, 0) is 25.0 Å². The van der Waals surface area contributed by atoms with Crippen molar-refractivity contribution >= 4 is 5.91 Å². The van der Waals surface area contributed by atoms with Gasteiger partial charge in [0.2, 0.25) is 0 Å². The lowest BCUT2D eigenvalue weighted by Crippen LogP contribution is -2.51. The highest BCUT2D eigenvalue weighted by atomic mass is 19.1. The van der Waals surface area contributed by atoms with E-state index in [2.05, 4.69) is 0 Å². The summed E-state index contributed by atoms with van der Waals surface area (Å²) in [5.41, 5.74) is 5.70. The molecule has 0 saturated carbocycles. The molecule has 1 amide bonds. The number of hydrogen-bond donors (Lipinski definition) is 1. The molecule has 0 bridgehead atoms. The second-order valence-electron chi connectivity index (χ2n) is 4.93. The maximum absolute atomic E-state index is 13.2. The Morgan fingerprint density at radius 1 is 1.40 bits per heavy atom. The summed E-state index contributed by atoms with van der Waals surface area (Å²) in [5.74, 6) is -1.91.